The lowest BCUT2D eigenvalue weighted by molar-refractivity contribution is 0.341. The topological polar surface area (TPSA) is 21.3 Å². The number of ether oxygens (including phenoxy) is 1. The molecule has 0 saturated heterocycles. The van der Waals surface area contributed by atoms with E-state index in [0.29, 0.717) is 6.61 Å². The molecule has 0 saturated carbocycles. The first-order chi connectivity index (χ1) is 9.44. The smallest absolute Gasteiger partial charge is 0.120 e. The molecule has 1 aromatic rings. The molecule has 0 radical (unpaired) electrons. The molecule has 2 rings (SSSR count). The van der Waals surface area contributed by atoms with Gasteiger partial charge >= 0.3 is 0 Å². The maximum absolute atomic E-state index is 5.86. The maximum Gasteiger partial charge on any atom is 0.120 e. The van der Waals surface area contributed by atoms with Crippen LogP contribution in [0.25, 0.3) is 0 Å². The van der Waals surface area contributed by atoms with Crippen molar-refractivity contribution in [1.82, 2.24) is 5.32 Å². The number of aryl methyl sites for hydroxylation is 2. The Morgan fingerprint density at radius 1 is 1.20 bits per heavy atom. The third-order valence-electron chi connectivity index (χ3n) is 3.63. The maximum atomic E-state index is 5.86. The van der Waals surface area contributed by atoms with E-state index in [1.165, 1.54) is 36.8 Å². The molecule has 0 aliphatic heterocycles. The zero-order valence-corrected chi connectivity index (χ0v) is 13.1. The summed E-state index contributed by atoms with van der Waals surface area (Å²) < 4.78 is 5.86. The summed E-state index contributed by atoms with van der Waals surface area (Å²) in [6.07, 6.45) is 5.04. The second-order valence-corrected chi connectivity index (χ2v) is 6.78. The van der Waals surface area contributed by atoms with Crippen LogP contribution in [0.15, 0.2) is 30.4 Å². The molecule has 1 N–H and O–H groups in total. The summed E-state index contributed by atoms with van der Waals surface area (Å²) in [5.74, 6) is 0.975. The standard InChI is InChI=1S/C18H27NO/c1-14(12-19-18(2,3)4)13-20-17-10-9-15-7-5-6-8-16(15)11-17/h9-11,19H,1,5-8,12-13H2,2-4H3. The lowest BCUT2D eigenvalue weighted by Crippen LogP contribution is -2.37. The number of hydrogen-bond donors (Lipinski definition) is 1. The van der Waals surface area contributed by atoms with Gasteiger partial charge in [-0.2, -0.15) is 0 Å². The van der Waals surface area contributed by atoms with Crippen LogP contribution in [-0.4, -0.2) is 18.7 Å². The molecule has 0 atom stereocenters. The predicted octanol–water partition coefficient (Wildman–Crippen LogP) is 3.89. The highest BCUT2D eigenvalue weighted by atomic mass is 16.5. The van der Waals surface area contributed by atoms with Crippen molar-refractivity contribution in [3.63, 3.8) is 0 Å². The molecule has 2 heteroatoms. The summed E-state index contributed by atoms with van der Waals surface area (Å²) in [7, 11) is 0. The van der Waals surface area contributed by atoms with E-state index in [1.807, 2.05) is 0 Å². The van der Waals surface area contributed by atoms with Gasteiger partial charge < -0.3 is 10.1 Å². The number of fused-ring (bicyclic) bond motifs is 1. The van der Waals surface area contributed by atoms with Crippen molar-refractivity contribution in [2.24, 2.45) is 0 Å². The molecule has 1 aliphatic carbocycles. The Balaban J connectivity index is 1.83. The van der Waals surface area contributed by atoms with Crippen LogP contribution in [0.4, 0.5) is 0 Å². The Hall–Kier alpha value is -1.28. The third kappa shape index (κ3) is 4.68. The molecule has 1 aromatic carbocycles. The van der Waals surface area contributed by atoms with Crippen LogP contribution >= 0.6 is 0 Å². The predicted molar refractivity (Wildman–Crippen MR) is 85.5 cm³/mol. The first kappa shape index (κ1) is 15.1. The van der Waals surface area contributed by atoms with Crippen LogP contribution in [0, 0.1) is 0 Å². The van der Waals surface area contributed by atoms with Crippen molar-refractivity contribution in [1.29, 1.82) is 0 Å². The monoisotopic (exact) mass is 273 g/mol. The highest BCUT2D eigenvalue weighted by molar-refractivity contribution is 5.37. The van der Waals surface area contributed by atoms with Crippen molar-refractivity contribution >= 4 is 0 Å². The molecule has 0 spiro atoms. The highest BCUT2D eigenvalue weighted by Gasteiger charge is 2.11. The summed E-state index contributed by atoms with van der Waals surface area (Å²) in [4.78, 5) is 0. The quantitative estimate of drug-likeness (QED) is 0.822. The Morgan fingerprint density at radius 3 is 2.60 bits per heavy atom. The summed E-state index contributed by atoms with van der Waals surface area (Å²) in [5, 5.41) is 3.43. The Labute approximate surface area is 123 Å². The van der Waals surface area contributed by atoms with Gasteiger partial charge in [0.2, 0.25) is 0 Å². The molecule has 0 bridgehead atoms. The van der Waals surface area contributed by atoms with Crippen molar-refractivity contribution in [3.8, 4) is 5.75 Å². The van der Waals surface area contributed by atoms with Gasteiger partial charge in [-0.25, -0.2) is 0 Å². The molecule has 0 fully saturated rings. The fourth-order valence-corrected chi connectivity index (χ4v) is 2.43. The Kier molecular flexibility index (Phi) is 4.87. The van der Waals surface area contributed by atoms with E-state index in [0.717, 1.165) is 17.9 Å². The van der Waals surface area contributed by atoms with Gasteiger partial charge in [0.25, 0.3) is 0 Å². The molecule has 110 valence electrons. The van der Waals surface area contributed by atoms with E-state index in [-0.39, 0.29) is 5.54 Å². The average molecular weight is 273 g/mol. The van der Waals surface area contributed by atoms with Crippen molar-refractivity contribution in [2.45, 2.75) is 52.0 Å². The minimum Gasteiger partial charge on any atom is -0.489 e. The lowest BCUT2D eigenvalue weighted by Gasteiger charge is -2.21. The van der Waals surface area contributed by atoms with Gasteiger partial charge in [-0.15, -0.1) is 0 Å². The summed E-state index contributed by atoms with van der Waals surface area (Å²) >= 11 is 0. The lowest BCUT2D eigenvalue weighted by atomic mass is 9.92. The third-order valence-corrected chi connectivity index (χ3v) is 3.63. The van der Waals surface area contributed by atoms with E-state index >= 15 is 0 Å². The van der Waals surface area contributed by atoms with E-state index < -0.39 is 0 Å². The zero-order valence-electron chi connectivity index (χ0n) is 13.1. The van der Waals surface area contributed by atoms with Crippen LogP contribution < -0.4 is 10.1 Å². The second-order valence-electron chi connectivity index (χ2n) is 6.78. The summed E-state index contributed by atoms with van der Waals surface area (Å²) in [6, 6.07) is 6.52. The van der Waals surface area contributed by atoms with Gasteiger partial charge in [-0.3, -0.25) is 0 Å². The number of benzene rings is 1. The SMILES string of the molecule is C=C(CNC(C)(C)C)COc1ccc2c(c1)CCCC2. The Morgan fingerprint density at radius 2 is 1.90 bits per heavy atom. The fraction of sp³-hybridized carbons (Fsp3) is 0.556. The van der Waals surface area contributed by atoms with Gasteiger partial charge in [-0.05, 0) is 75.3 Å². The summed E-state index contributed by atoms with van der Waals surface area (Å²) in [5.41, 5.74) is 4.16. The average Bonchev–Trinajstić information content (AvgIpc) is 2.42. The molecule has 0 unspecified atom stereocenters. The molecule has 0 aromatic heterocycles. The van der Waals surface area contributed by atoms with E-state index in [1.54, 1.807) is 0 Å². The molecule has 20 heavy (non-hydrogen) atoms. The van der Waals surface area contributed by atoms with Crippen molar-refractivity contribution in [2.75, 3.05) is 13.2 Å². The minimum atomic E-state index is 0.120. The molecule has 0 amide bonds. The molecule has 0 heterocycles. The van der Waals surface area contributed by atoms with Gasteiger partial charge in [0.05, 0.1) is 0 Å². The number of hydrogen-bond acceptors (Lipinski definition) is 2. The van der Waals surface area contributed by atoms with E-state index in [4.69, 9.17) is 4.74 Å². The molecular weight excluding hydrogens is 246 g/mol. The highest BCUT2D eigenvalue weighted by Crippen LogP contribution is 2.25. The number of rotatable bonds is 5. The van der Waals surface area contributed by atoms with Crippen molar-refractivity contribution in [3.05, 3.63) is 41.5 Å². The second kappa shape index (κ2) is 6.45. The normalized spacial score (nSPS) is 14.8. The summed E-state index contributed by atoms with van der Waals surface area (Å²) in [6.45, 7) is 11.9. The van der Waals surface area contributed by atoms with E-state index in [2.05, 4.69) is 50.9 Å². The van der Waals surface area contributed by atoms with Crippen LogP contribution in [0.2, 0.25) is 0 Å². The van der Waals surface area contributed by atoms with Gasteiger partial charge in [0.1, 0.15) is 12.4 Å². The van der Waals surface area contributed by atoms with Gasteiger partial charge in [0, 0.05) is 12.1 Å². The van der Waals surface area contributed by atoms with Crippen LogP contribution in [0.5, 0.6) is 5.75 Å². The minimum absolute atomic E-state index is 0.120. The largest absolute Gasteiger partial charge is 0.489 e. The molecule has 1 aliphatic rings. The van der Waals surface area contributed by atoms with Crippen LogP contribution in [0.3, 0.4) is 0 Å². The van der Waals surface area contributed by atoms with Crippen LogP contribution in [-0.2, 0) is 12.8 Å². The van der Waals surface area contributed by atoms with Gasteiger partial charge in [0.15, 0.2) is 0 Å². The first-order valence-electron chi connectivity index (χ1n) is 7.60. The first-order valence-corrected chi connectivity index (χ1v) is 7.60. The number of nitrogens with one attached hydrogen (secondary N) is 1. The molecule has 2 nitrogen and oxygen atoms in total. The molecular formula is C18H27NO. The Bertz CT molecular complexity index is 471. The zero-order chi connectivity index (χ0) is 14.6. The fourth-order valence-electron chi connectivity index (χ4n) is 2.43. The van der Waals surface area contributed by atoms with Crippen LogP contribution in [0.1, 0.15) is 44.7 Å². The van der Waals surface area contributed by atoms with E-state index in [9.17, 15) is 0 Å². The van der Waals surface area contributed by atoms with Gasteiger partial charge in [-0.1, -0.05) is 12.6 Å². The van der Waals surface area contributed by atoms with Crippen molar-refractivity contribution < 1.29 is 4.74 Å².